The largest absolute Gasteiger partial charge is 0.489 e. The van der Waals surface area contributed by atoms with Crippen molar-refractivity contribution >= 4 is 27.3 Å². The zero-order chi connectivity index (χ0) is 19.2. The van der Waals surface area contributed by atoms with E-state index < -0.39 is 10.0 Å². The number of aryl methyl sites for hydroxylation is 1. The third kappa shape index (κ3) is 5.47. The van der Waals surface area contributed by atoms with E-state index in [2.05, 4.69) is 10.0 Å². The van der Waals surface area contributed by atoms with Gasteiger partial charge in [0, 0.05) is 19.7 Å². The van der Waals surface area contributed by atoms with Crippen LogP contribution in [-0.4, -0.2) is 34.6 Å². The number of hydrogen-bond acceptors (Lipinski definition) is 5. The second kappa shape index (κ2) is 8.68. The number of ether oxygens (including phenoxy) is 2. The van der Waals surface area contributed by atoms with Crippen LogP contribution in [0.3, 0.4) is 0 Å². The van der Waals surface area contributed by atoms with Crippen molar-refractivity contribution in [3.8, 4) is 5.75 Å². The van der Waals surface area contributed by atoms with Crippen LogP contribution in [0.25, 0.3) is 0 Å². The lowest BCUT2D eigenvalue weighted by Crippen LogP contribution is -2.15. The minimum atomic E-state index is -3.80. The van der Waals surface area contributed by atoms with Crippen LogP contribution in [0.2, 0.25) is 0 Å². The molecule has 0 spiro atoms. The molecule has 0 saturated heterocycles. The van der Waals surface area contributed by atoms with E-state index in [4.69, 9.17) is 9.47 Å². The smallest absolute Gasteiger partial charge is 0.262 e. The summed E-state index contributed by atoms with van der Waals surface area (Å²) in [6.07, 6.45) is 0. The van der Waals surface area contributed by atoms with Gasteiger partial charge >= 0.3 is 0 Å². The lowest BCUT2D eigenvalue weighted by Gasteiger charge is -2.15. The molecule has 0 bridgehead atoms. The number of hydrogen-bond donors (Lipinski definition) is 2. The summed E-state index contributed by atoms with van der Waals surface area (Å²) in [5, 5.41) is 2.62. The third-order valence-electron chi connectivity index (χ3n) is 3.42. The molecule has 2 rings (SSSR count). The first kappa shape index (κ1) is 19.7. The molecule has 0 aliphatic carbocycles. The van der Waals surface area contributed by atoms with Crippen LogP contribution in [0.5, 0.6) is 5.75 Å². The minimum Gasteiger partial charge on any atom is -0.489 e. The molecule has 0 heterocycles. The Bertz CT molecular complexity index is 864. The van der Waals surface area contributed by atoms with Gasteiger partial charge in [0.15, 0.2) is 0 Å². The van der Waals surface area contributed by atoms with Gasteiger partial charge in [0.1, 0.15) is 12.4 Å². The SMILES string of the molecule is COCCOc1ccc(NC(C)=O)cc1NS(=O)(=O)c1ccc(C)cc1. The molecule has 0 unspecified atom stereocenters. The van der Waals surface area contributed by atoms with Crippen molar-refractivity contribution < 1.29 is 22.7 Å². The van der Waals surface area contributed by atoms with Crippen molar-refractivity contribution in [2.75, 3.05) is 30.4 Å². The van der Waals surface area contributed by atoms with E-state index in [0.29, 0.717) is 18.0 Å². The maximum atomic E-state index is 12.6. The Labute approximate surface area is 153 Å². The fourth-order valence-corrected chi connectivity index (χ4v) is 3.23. The van der Waals surface area contributed by atoms with E-state index in [1.807, 2.05) is 6.92 Å². The van der Waals surface area contributed by atoms with Gasteiger partial charge in [-0.1, -0.05) is 17.7 Å². The summed E-state index contributed by atoms with van der Waals surface area (Å²) in [5.74, 6) is 0.0808. The number of anilines is 2. The van der Waals surface area contributed by atoms with Crippen LogP contribution in [0, 0.1) is 6.92 Å². The molecule has 2 aromatic carbocycles. The normalized spacial score (nSPS) is 11.0. The summed E-state index contributed by atoms with van der Waals surface area (Å²) >= 11 is 0. The highest BCUT2D eigenvalue weighted by Crippen LogP contribution is 2.30. The maximum Gasteiger partial charge on any atom is 0.262 e. The average molecular weight is 378 g/mol. The van der Waals surface area contributed by atoms with Gasteiger partial charge < -0.3 is 14.8 Å². The first-order valence-electron chi connectivity index (χ1n) is 7.94. The van der Waals surface area contributed by atoms with Crippen molar-refractivity contribution in [3.63, 3.8) is 0 Å². The van der Waals surface area contributed by atoms with Gasteiger partial charge in [-0.05, 0) is 37.3 Å². The Morgan fingerprint density at radius 2 is 1.77 bits per heavy atom. The summed E-state index contributed by atoms with van der Waals surface area (Å²) in [5.41, 5.74) is 1.64. The zero-order valence-corrected chi connectivity index (χ0v) is 15.7. The summed E-state index contributed by atoms with van der Waals surface area (Å²) in [6.45, 7) is 3.87. The number of rotatable bonds is 8. The predicted octanol–water partition coefficient (Wildman–Crippen LogP) is 2.78. The maximum absolute atomic E-state index is 12.6. The third-order valence-corrected chi connectivity index (χ3v) is 4.80. The molecule has 0 radical (unpaired) electrons. The van der Waals surface area contributed by atoms with E-state index in [9.17, 15) is 13.2 Å². The van der Waals surface area contributed by atoms with Crippen molar-refractivity contribution in [2.45, 2.75) is 18.7 Å². The summed E-state index contributed by atoms with van der Waals surface area (Å²) in [7, 11) is -2.26. The van der Waals surface area contributed by atoms with E-state index in [1.54, 1.807) is 31.4 Å². The van der Waals surface area contributed by atoms with Gasteiger partial charge in [-0.2, -0.15) is 0 Å². The van der Waals surface area contributed by atoms with Crippen molar-refractivity contribution in [2.24, 2.45) is 0 Å². The molecule has 26 heavy (non-hydrogen) atoms. The number of nitrogens with one attached hydrogen (secondary N) is 2. The van der Waals surface area contributed by atoms with Gasteiger partial charge in [-0.25, -0.2) is 8.42 Å². The zero-order valence-electron chi connectivity index (χ0n) is 14.9. The lowest BCUT2D eigenvalue weighted by molar-refractivity contribution is -0.114. The van der Waals surface area contributed by atoms with Gasteiger partial charge in [0.25, 0.3) is 10.0 Å². The Balaban J connectivity index is 2.33. The number of sulfonamides is 1. The number of methoxy groups -OCH3 is 1. The lowest BCUT2D eigenvalue weighted by atomic mass is 10.2. The number of benzene rings is 2. The molecule has 140 valence electrons. The fraction of sp³-hybridized carbons (Fsp3) is 0.278. The summed E-state index contributed by atoms with van der Waals surface area (Å²) in [4.78, 5) is 11.4. The Kier molecular flexibility index (Phi) is 6.59. The van der Waals surface area contributed by atoms with Gasteiger partial charge in [-0.3, -0.25) is 9.52 Å². The molecule has 0 aliphatic heterocycles. The Hall–Kier alpha value is -2.58. The van der Waals surface area contributed by atoms with Gasteiger partial charge in [0.05, 0.1) is 17.2 Å². The quantitative estimate of drug-likeness (QED) is 0.689. The van der Waals surface area contributed by atoms with Gasteiger partial charge in [0.2, 0.25) is 5.91 Å². The van der Waals surface area contributed by atoms with Crippen LogP contribution in [0.15, 0.2) is 47.4 Å². The topological polar surface area (TPSA) is 93.7 Å². The first-order chi connectivity index (χ1) is 12.3. The highest BCUT2D eigenvalue weighted by atomic mass is 32.2. The predicted molar refractivity (Wildman–Crippen MR) is 100 cm³/mol. The highest BCUT2D eigenvalue weighted by molar-refractivity contribution is 7.92. The van der Waals surface area contributed by atoms with Crippen LogP contribution >= 0.6 is 0 Å². The summed E-state index contributed by atoms with van der Waals surface area (Å²) in [6, 6.07) is 11.2. The molecule has 7 nitrogen and oxygen atoms in total. The second-order valence-corrected chi connectivity index (χ2v) is 7.33. The molecule has 2 N–H and O–H groups in total. The first-order valence-corrected chi connectivity index (χ1v) is 9.43. The Morgan fingerprint density at radius 3 is 2.38 bits per heavy atom. The monoisotopic (exact) mass is 378 g/mol. The molecule has 8 heteroatoms. The van der Waals surface area contributed by atoms with Crippen LogP contribution in [0.1, 0.15) is 12.5 Å². The number of carbonyl (C=O) groups excluding carboxylic acids is 1. The average Bonchev–Trinajstić information content (AvgIpc) is 2.56. The van der Waals surface area contributed by atoms with Crippen molar-refractivity contribution in [1.29, 1.82) is 0 Å². The molecular formula is C18H22N2O5S. The minimum absolute atomic E-state index is 0.135. The number of carbonyl (C=O) groups is 1. The highest BCUT2D eigenvalue weighted by Gasteiger charge is 2.17. The van der Waals surface area contributed by atoms with Crippen LogP contribution < -0.4 is 14.8 Å². The standard InChI is InChI=1S/C18H22N2O5S/c1-13-4-7-16(8-5-13)26(22,23)20-17-12-15(19-14(2)21)6-9-18(17)25-11-10-24-3/h4-9,12,20H,10-11H2,1-3H3,(H,19,21). The van der Waals surface area contributed by atoms with Crippen molar-refractivity contribution in [3.05, 3.63) is 48.0 Å². The van der Waals surface area contributed by atoms with Crippen LogP contribution in [0.4, 0.5) is 11.4 Å². The Morgan fingerprint density at radius 1 is 1.08 bits per heavy atom. The molecule has 0 fully saturated rings. The molecule has 2 aromatic rings. The molecular weight excluding hydrogens is 356 g/mol. The fourth-order valence-electron chi connectivity index (χ4n) is 2.17. The van der Waals surface area contributed by atoms with E-state index in [-0.39, 0.29) is 23.1 Å². The molecule has 1 amide bonds. The molecule has 0 saturated carbocycles. The van der Waals surface area contributed by atoms with E-state index >= 15 is 0 Å². The van der Waals surface area contributed by atoms with E-state index in [0.717, 1.165) is 5.56 Å². The summed E-state index contributed by atoms with van der Waals surface area (Å²) < 4.78 is 38.3. The molecule has 0 atom stereocenters. The van der Waals surface area contributed by atoms with Gasteiger partial charge in [-0.15, -0.1) is 0 Å². The number of amides is 1. The molecule has 0 aliphatic rings. The van der Waals surface area contributed by atoms with Crippen LogP contribution in [-0.2, 0) is 19.6 Å². The van der Waals surface area contributed by atoms with Crippen molar-refractivity contribution in [1.82, 2.24) is 0 Å². The molecule has 0 aromatic heterocycles. The second-order valence-electron chi connectivity index (χ2n) is 5.65. The van der Waals surface area contributed by atoms with E-state index in [1.165, 1.54) is 25.1 Å².